The van der Waals surface area contributed by atoms with E-state index < -0.39 is 0 Å². The number of pyridine rings is 1. The van der Waals surface area contributed by atoms with Gasteiger partial charge >= 0.3 is 0 Å². The molecule has 47 heavy (non-hydrogen) atoms. The predicted octanol–water partition coefficient (Wildman–Crippen LogP) is 8.78. The summed E-state index contributed by atoms with van der Waals surface area (Å²) in [6.07, 6.45) is 1.78. The molecule has 0 N–H and O–H groups in total. The highest BCUT2D eigenvalue weighted by atomic mass is 15.0. The van der Waals surface area contributed by atoms with Crippen molar-refractivity contribution in [1.29, 1.82) is 10.5 Å². The number of nitriles is 2. The molecular weight excluding hydrogens is 578 g/mol. The van der Waals surface area contributed by atoms with Crippen LogP contribution in [0, 0.1) is 22.7 Å². The predicted molar refractivity (Wildman–Crippen MR) is 183 cm³/mol. The summed E-state index contributed by atoms with van der Waals surface area (Å²) < 4.78 is 2.16. The standard InChI is InChI=1S/C40H23N7/c41-24-26-14-18-35-32(21-26)33-22-27(25-42)15-19-36(33)47(35)37-23-30(16-17-31(37)34-13-7-8-20-43-34)40-45-38(28-9-3-1-4-10-28)44-39(46-40)29-11-5-2-6-12-29/h1-23H. The molecule has 0 saturated heterocycles. The minimum absolute atomic E-state index is 0.533. The van der Waals surface area contributed by atoms with E-state index in [0.29, 0.717) is 28.6 Å². The van der Waals surface area contributed by atoms with Gasteiger partial charge in [-0.25, -0.2) is 15.0 Å². The molecule has 5 aromatic carbocycles. The summed E-state index contributed by atoms with van der Waals surface area (Å²) in [5, 5.41) is 21.2. The molecule has 3 aromatic heterocycles. The molecule has 7 heteroatoms. The lowest BCUT2D eigenvalue weighted by Crippen LogP contribution is -2.02. The summed E-state index contributed by atoms with van der Waals surface area (Å²) in [6, 6.07) is 47.6. The van der Waals surface area contributed by atoms with Crippen molar-refractivity contribution in [2.24, 2.45) is 0 Å². The lowest BCUT2D eigenvalue weighted by atomic mass is 10.0. The van der Waals surface area contributed by atoms with E-state index in [1.807, 2.05) is 127 Å². The van der Waals surface area contributed by atoms with Gasteiger partial charge in [-0.2, -0.15) is 10.5 Å². The van der Waals surface area contributed by atoms with Crippen molar-refractivity contribution < 1.29 is 0 Å². The summed E-state index contributed by atoms with van der Waals surface area (Å²) in [4.78, 5) is 19.5. The van der Waals surface area contributed by atoms with Gasteiger partial charge in [-0.3, -0.25) is 4.98 Å². The van der Waals surface area contributed by atoms with E-state index in [-0.39, 0.29) is 0 Å². The van der Waals surface area contributed by atoms with Gasteiger partial charge in [0.25, 0.3) is 0 Å². The van der Waals surface area contributed by atoms with Crippen molar-refractivity contribution in [2.75, 3.05) is 0 Å². The Bertz CT molecular complexity index is 2400. The van der Waals surface area contributed by atoms with Gasteiger partial charge in [-0.05, 0) is 60.7 Å². The van der Waals surface area contributed by atoms with E-state index in [1.54, 1.807) is 6.20 Å². The van der Waals surface area contributed by atoms with Gasteiger partial charge < -0.3 is 4.57 Å². The minimum atomic E-state index is 0.533. The Kier molecular flexibility index (Phi) is 6.76. The maximum absolute atomic E-state index is 9.72. The molecule has 0 unspecified atom stereocenters. The highest BCUT2D eigenvalue weighted by Crippen LogP contribution is 2.38. The van der Waals surface area contributed by atoms with E-state index in [9.17, 15) is 10.5 Å². The highest BCUT2D eigenvalue weighted by Gasteiger charge is 2.20. The molecule has 0 aliphatic heterocycles. The second kappa shape index (κ2) is 11.5. The van der Waals surface area contributed by atoms with E-state index in [1.165, 1.54) is 0 Å². The van der Waals surface area contributed by atoms with Crippen LogP contribution in [0.15, 0.2) is 140 Å². The van der Waals surface area contributed by atoms with Crippen molar-refractivity contribution >= 4 is 21.8 Å². The molecule has 218 valence electrons. The molecule has 7 nitrogen and oxygen atoms in total. The largest absolute Gasteiger partial charge is 0.309 e. The van der Waals surface area contributed by atoms with Gasteiger partial charge in [0.2, 0.25) is 0 Å². The average molecular weight is 602 g/mol. The van der Waals surface area contributed by atoms with Crippen molar-refractivity contribution in [3.8, 4) is 63.2 Å². The topological polar surface area (TPSA) is 104 Å². The molecule has 0 aliphatic rings. The van der Waals surface area contributed by atoms with Gasteiger partial charge in [0.15, 0.2) is 17.5 Å². The number of hydrogen-bond donors (Lipinski definition) is 0. The van der Waals surface area contributed by atoms with Crippen LogP contribution in [-0.2, 0) is 0 Å². The van der Waals surface area contributed by atoms with Crippen LogP contribution in [0.1, 0.15) is 11.1 Å². The number of benzene rings is 5. The Hall–Kier alpha value is -6.96. The van der Waals surface area contributed by atoms with E-state index in [2.05, 4.69) is 22.8 Å². The molecule has 3 heterocycles. The average Bonchev–Trinajstić information content (AvgIpc) is 3.48. The maximum Gasteiger partial charge on any atom is 0.164 e. The monoisotopic (exact) mass is 601 g/mol. The van der Waals surface area contributed by atoms with Crippen LogP contribution in [0.5, 0.6) is 0 Å². The van der Waals surface area contributed by atoms with E-state index in [4.69, 9.17) is 19.9 Å². The first-order valence-electron chi connectivity index (χ1n) is 15.0. The number of nitrogens with zero attached hydrogens (tertiary/aromatic N) is 7. The second-order valence-corrected chi connectivity index (χ2v) is 11.0. The molecular formula is C40H23N7. The first-order valence-corrected chi connectivity index (χ1v) is 15.0. The lowest BCUT2D eigenvalue weighted by molar-refractivity contribution is 1.07. The molecule has 0 aliphatic carbocycles. The molecule has 0 atom stereocenters. The summed E-state index contributed by atoms with van der Waals surface area (Å²) in [5.41, 5.74) is 8.04. The fourth-order valence-electron chi connectivity index (χ4n) is 5.95. The fraction of sp³-hybridized carbons (Fsp3) is 0. The molecule has 0 bridgehead atoms. The third kappa shape index (κ3) is 4.95. The lowest BCUT2D eigenvalue weighted by Gasteiger charge is -2.16. The van der Waals surface area contributed by atoms with Crippen LogP contribution in [0.2, 0.25) is 0 Å². The van der Waals surface area contributed by atoms with Crippen LogP contribution in [-0.4, -0.2) is 24.5 Å². The summed E-state index contributed by atoms with van der Waals surface area (Å²) >= 11 is 0. The smallest absolute Gasteiger partial charge is 0.164 e. The summed E-state index contributed by atoms with van der Waals surface area (Å²) in [7, 11) is 0. The normalized spacial score (nSPS) is 10.9. The molecule has 8 aromatic rings. The summed E-state index contributed by atoms with van der Waals surface area (Å²) in [6.45, 7) is 0. The Balaban J connectivity index is 1.43. The highest BCUT2D eigenvalue weighted by molar-refractivity contribution is 6.10. The second-order valence-electron chi connectivity index (χ2n) is 11.0. The number of rotatable bonds is 5. The van der Waals surface area contributed by atoms with Gasteiger partial charge in [-0.1, -0.05) is 72.8 Å². The Labute approximate surface area is 270 Å². The first kappa shape index (κ1) is 27.6. The third-order valence-corrected chi connectivity index (χ3v) is 8.16. The van der Waals surface area contributed by atoms with Crippen molar-refractivity contribution in [2.45, 2.75) is 0 Å². The van der Waals surface area contributed by atoms with Crippen molar-refractivity contribution in [3.05, 3.63) is 151 Å². The van der Waals surface area contributed by atoms with Crippen LogP contribution in [0.3, 0.4) is 0 Å². The van der Waals surface area contributed by atoms with Crippen LogP contribution >= 0.6 is 0 Å². The van der Waals surface area contributed by atoms with Crippen LogP contribution in [0.4, 0.5) is 0 Å². The number of aromatic nitrogens is 5. The SMILES string of the molecule is N#Cc1ccc2c(c1)c1cc(C#N)ccc1n2-c1cc(-c2nc(-c3ccccc3)nc(-c3ccccc3)n2)ccc1-c1ccccn1. The zero-order chi connectivity index (χ0) is 31.7. The molecule has 8 rings (SSSR count). The maximum atomic E-state index is 9.72. The van der Waals surface area contributed by atoms with Crippen molar-refractivity contribution in [3.63, 3.8) is 0 Å². The minimum Gasteiger partial charge on any atom is -0.309 e. The Morgan fingerprint density at radius 3 is 1.53 bits per heavy atom. The Morgan fingerprint density at radius 1 is 0.489 bits per heavy atom. The Morgan fingerprint density at radius 2 is 1.02 bits per heavy atom. The van der Waals surface area contributed by atoms with Crippen LogP contribution in [0.25, 0.3) is 72.9 Å². The van der Waals surface area contributed by atoms with Crippen molar-refractivity contribution in [1.82, 2.24) is 24.5 Å². The van der Waals surface area contributed by atoms with Crippen LogP contribution < -0.4 is 0 Å². The number of hydrogen-bond acceptors (Lipinski definition) is 6. The number of fused-ring (bicyclic) bond motifs is 3. The molecule has 0 fully saturated rings. The third-order valence-electron chi connectivity index (χ3n) is 8.16. The first-order chi connectivity index (χ1) is 23.2. The summed E-state index contributed by atoms with van der Waals surface area (Å²) in [5.74, 6) is 1.69. The fourth-order valence-corrected chi connectivity index (χ4v) is 5.95. The quantitative estimate of drug-likeness (QED) is 0.195. The van der Waals surface area contributed by atoms with E-state index in [0.717, 1.165) is 55.4 Å². The molecule has 0 radical (unpaired) electrons. The van der Waals surface area contributed by atoms with Gasteiger partial charge in [0, 0.05) is 39.2 Å². The van der Waals surface area contributed by atoms with Gasteiger partial charge in [-0.15, -0.1) is 0 Å². The van der Waals surface area contributed by atoms with Gasteiger partial charge in [0.1, 0.15) is 0 Å². The van der Waals surface area contributed by atoms with E-state index >= 15 is 0 Å². The zero-order valence-corrected chi connectivity index (χ0v) is 24.9. The molecule has 0 spiro atoms. The van der Waals surface area contributed by atoms with Gasteiger partial charge in [0.05, 0.1) is 45.7 Å². The molecule has 0 saturated carbocycles. The zero-order valence-electron chi connectivity index (χ0n) is 24.9. The molecule has 0 amide bonds.